The highest BCUT2D eigenvalue weighted by Crippen LogP contribution is 2.19. The van der Waals surface area contributed by atoms with Gasteiger partial charge in [0.05, 0.1) is 6.42 Å². The molecule has 0 unspecified atom stereocenters. The van der Waals surface area contributed by atoms with Gasteiger partial charge in [0.2, 0.25) is 5.91 Å². The lowest BCUT2D eigenvalue weighted by molar-refractivity contribution is -0.115. The van der Waals surface area contributed by atoms with Crippen LogP contribution in [0, 0.1) is 13.8 Å². The van der Waals surface area contributed by atoms with Crippen LogP contribution < -0.4 is 5.32 Å². The Labute approximate surface area is 133 Å². The highest BCUT2D eigenvalue weighted by molar-refractivity contribution is 5.90. The van der Waals surface area contributed by atoms with Crippen molar-refractivity contribution in [2.24, 2.45) is 7.05 Å². The molecule has 0 aliphatic carbocycles. The van der Waals surface area contributed by atoms with Gasteiger partial charge in [-0.3, -0.25) is 14.8 Å². The number of amides is 1. The van der Waals surface area contributed by atoms with Gasteiger partial charge in [0.1, 0.15) is 5.69 Å². The van der Waals surface area contributed by atoms with Gasteiger partial charge >= 0.3 is 6.01 Å². The number of aryl methyl sites for hydroxylation is 3. The summed E-state index contributed by atoms with van der Waals surface area (Å²) in [6, 6.07) is 7.84. The molecular formula is C16H17N5O2. The number of nitrogens with one attached hydrogen (secondary N) is 1. The fraction of sp³-hybridized carbons (Fsp3) is 0.250. The fourth-order valence-electron chi connectivity index (χ4n) is 2.34. The van der Waals surface area contributed by atoms with E-state index < -0.39 is 0 Å². The van der Waals surface area contributed by atoms with Crippen LogP contribution >= 0.6 is 0 Å². The third kappa shape index (κ3) is 3.28. The van der Waals surface area contributed by atoms with Crippen LogP contribution in [0.4, 0.5) is 6.01 Å². The molecule has 1 amide bonds. The van der Waals surface area contributed by atoms with E-state index in [1.807, 2.05) is 26.0 Å². The molecule has 23 heavy (non-hydrogen) atoms. The SMILES string of the molecule is Cc1ccc(CC(=O)Nc2nnc(-c3ccnn3C)o2)c(C)c1. The van der Waals surface area contributed by atoms with Crippen molar-refractivity contribution in [1.82, 2.24) is 20.0 Å². The maximum atomic E-state index is 12.1. The maximum Gasteiger partial charge on any atom is 0.322 e. The van der Waals surface area contributed by atoms with E-state index in [2.05, 4.69) is 26.7 Å². The number of hydrogen-bond acceptors (Lipinski definition) is 5. The zero-order valence-electron chi connectivity index (χ0n) is 13.2. The van der Waals surface area contributed by atoms with Crippen molar-refractivity contribution in [3.05, 3.63) is 47.2 Å². The molecule has 2 aromatic heterocycles. The summed E-state index contributed by atoms with van der Waals surface area (Å²) in [5.41, 5.74) is 3.91. The summed E-state index contributed by atoms with van der Waals surface area (Å²) in [5, 5.41) is 14.4. The van der Waals surface area contributed by atoms with Gasteiger partial charge in [-0.2, -0.15) is 5.10 Å². The molecule has 1 N–H and O–H groups in total. The minimum atomic E-state index is -0.197. The Morgan fingerprint density at radius 2 is 2.09 bits per heavy atom. The van der Waals surface area contributed by atoms with Crippen molar-refractivity contribution in [2.75, 3.05) is 5.32 Å². The predicted octanol–water partition coefficient (Wildman–Crippen LogP) is 2.27. The largest absolute Gasteiger partial charge is 0.401 e. The van der Waals surface area contributed by atoms with Crippen LogP contribution in [0.5, 0.6) is 0 Å². The number of rotatable bonds is 4. The first-order valence-corrected chi connectivity index (χ1v) is 7.21. The van der Waals surface area contributed by atoms with Crippen molar-refractivity contribution < 1.29 is 9.21 Å². The minimum Gasteiger partial charge on any atom is -0.401 e. The predicted molar refractivity (Wildman–Crippen MR) is 84.7 cm³/mol. The van der Waals surface area contributed by atoms with E-state index >= 15 is 0 Å². The second-order valence-corrected chi connectivity index (χ2v) is 5.41. The average Bonchev–Trinajstić information content (AvgIpc) is 3.10. The number of aromatic nitrogens is 4. The van der Waals surface area contributed by atoms with E-state index in [1.165, 1.54) is 5.56 Å². The second kappa shape index (κ2) is 6.04. The van der Waals surface area contributed by atoms with Gasteiger partial charge in [-0.05, 0) is 31.0 Å². The van der Waals surface area contributed by atoms with Crippen LogP contribution in [0.15, 0.2) is 34.9 Å². The first-order chi connectivity index (χ1) is 11.0. The molecule has 0 atom stereocenters. The number of carbonyl (C=O) groups excluding carboxylic acids is 1. The van der Waals surface area contributed by atoms with Gasteiger partial charge in [-0.1, -0.05) is 28.9 Å². The highest BCUT2D eigenvalue weighted by atomic mass is 16.4. The smallest absolute Gasteiger partial charge is 0.322 e. The second-order valence-electron chi connectivity index (χ2n) is 5.41. The molecule has 0 aliphatic rings. The number of benzene rings is 1. The molecule has 0 saturated heterocycles. The Balaban J connectivity index is 1.69. The molecule has 118 valence electrons. The molecule has 1 aromatic carbocycles. The summed E-state index contributed by atoms with van der Waals surface area (Å²) in [6.45, 7) is 4.01. The Bertz CT molecular complexity index is 850. The third-order valence-electron chi connectivity index (χ3n) is 3.56. The monoisotopic (exact) mass is 311 g/mol. The molecule has 3 rings (SSSR count). The Morgan fingerprint density at radius 1 is 1.26 bits per heavy atom. The third-order valence-corrected chi connectivity index (χ3v) is 3.56. The molecule has 7 nitrogen and oxygen atoms in total. The number of nitrogens with zero attached hydrogens (tertiary/aromatic N) is 4. The normalized spacial score (nSPS) is 10.7. The van der Waals surface area contributed by atoms with Crippen LogP contribution in [0.3, 0.4) is 0 Å². The molecule has 0 saturated carbocycles. The first kappa shape index (κ1) is 15.0. The molecule has 0 radical (unpaired) electrons. The van der Waals surface area contributed by atoms with Crippen LogP contribution in [0.2, 0.25) is 0 Å². The first-order valence-electron chi connectivity index (χ1n) is 7.21. The number of carbonyl (C=O) groups is 1. The lowest BCUT2D eigenvalue weighted by Gasteiger charge is -2.06. The quantitative estimate of drug-likeness (QED) is 0.799. The van der Waals surface area contributed by atoms with E-state index in [0.29, 0.717) is 11.6 Å². The summed E-state index contributed by atoms with van der Waals surface area (Å²) in [5.74, 6) is 0.115. The average molecular weight is 311 g/mol. The molecule has 0 aliphatic heterocycles. The van der Waals surface area contributed by atoms with Crippen LogP contribution in [-0.2, 0) is 18.3 Å². The van der Waals surface area contributed by atoms with Gasteiger partial charge in [0, 0.05) is 13.2 Å². The van der Waals surface area contributed by atoms with E-state index in [4.69, 9.17) is 4.42 Å². The fourth-order valence-corrected chi connectivity index (χ4v) is 2.34. The van der Waals surface area contributed by atoms with Crippen molar-refractivity contribution in [3.8, 4) is 11.6 Å². The van der Waals surface area contributed by atoms with E-state index in [1.54, 1.807) is 24.0 Å². The standard InChI is InChI=1S/C16H17N5O2/c1-10-4-5-12(11(2)8-10)9-14(22)18-16-20-19-15(23-16)13-6-7-17-21(13)3/h4-8H,9H2,1-3H3,(H,18,20,22). The highest BCUT2D eigenvalue weighted by Gasteiger charge is 2.14. The van der Waals surface area contributed by atoms with Crippen LogP contribution in [0.25, 0.3) is 11.6 Å². The summed E-state index contributed by atoms with van der Waals surface area (Å²) < 4.78 is 7.07. The van der Waals surface area contributed by atoms with Gasteiger partial charge < -0.3 is 4.42 Å². The lowest BCUT2D eigenvalue weighted by Crippen LogP contribution is -2.15. The molecule has 3 aromatic rings. The summed E-state index contributed by atoms with van der Waals surface area (Å²) in [4.78, 5) is 12.1. The van der Waals surface area contributed by atoms with Gasteiger partial charge in [-0.15, -0.1) is 5.10 Å². The van der Waals surface area contributed by atoms with Gasteiger partial charge in [0.25, 0.3) is 5.89 Å². The summed E-state index contributed by atoms with van der Waals surface area (Å²) >= 11 is 0. The topological polar surface area (TPSA) is 85.8 Å². The zero-order valence-corrected chi connectivity index (χ0v) is 13.2. The van der Waals surface area contributed by atoms with Crippen LogP contribution in [0.1, 0.15) is 16.7 Å². The van der Waals surface area contributed by atoms with E-state index in [0.717, 1.165) is 11.1 Å². The van der Waals surface area contributed by atoms with Crippen molar-refractivity contribution in [3.63, 3.8) is 0 Å². The van der Waals surface area contributed by atoms with Gasteiger partial charge in [-0.25, -0.2) is 0 Å². The molecule has 7 heteroatoms. The van der Waals surface area contributed by atoms with Crippen molar-refractivity contribution in [1.29, 1.82) is 0 Å². The number of hydrogen-bond donors (Lipinski definition) is 1. The lowest BCUT2D eigenvalue weighted by atomic mass is 10.0. The summed E-state index contributed by atoms with van der Waals surface area (Å²) in [7, 11) is 1.78. The minimum absolute atomic E-state index is 0.0796. The Morgan fingerprint density at radius 3 is 2.78 bits per heavy atom. The number of anilines is 1. The van der Waals surface area contributed by atoms with Crippen molar-refractivity contribution in [2.45, 2.75) is 20.3 Å². The van der Waals surface area contributed by atoms with Crippen LogP contribution in [-0.4, -0.2) is 25.9 Å². The zero-order chi connectivity index (χ0) is 16.4. The van der Waals surface area contributed by atoms with Crippen molar-refractivity contribution >= 4 is 11.9 Å². The van der Waals surface area contributed by atoms with E-state index in [-0.39, 0.29) is 18.3 Å². The molecule has 2 heterocycles. The molecule has 0 fully saturated rings. The summed E-state index contributed by atoms with van der Waals surface area (Å²) in [6.07, 6.45) is 1.90. The Kier molecular flexibility index (Phi) is 3.92. The Hall–Kier alpha value is -2.96. The molecule has 0 spiro atoms. The maximum absolute atomic E-state index is 12.1. The van der Waals surface area contributed by atoms with E-state index in [9.17, 15) is 4.79 Å². The molecule has 0 bridgehead atoms. The van der Waals surface area contributed by atoms with Gasteiger partial charge in [0.15, 0.2) is 0 Å². The molecular weight excluding hydrogens is 294 g/mol.